The molecule has 1 aliphatic rings. The quantitative estimate of drug-likeness (QED) is 0.270. The Bertz CT molecular complexity index is 969. The maximum Gasteiger partial charge on any atom is 0.226 e. The SMILES string of the molecule is CCNC(=NCc1ccnc(N2CCCC2)c1)NCc1coc(-c2ccccc2)n1.I. The molecule has 0 bridgehead atoms. The third kappa shape index (κ3) is 6.43. The maximum absolute atomic E-state index is 5.61. The van der Waals surface area contributed by atoms with E-state index in [2.05, 4.69) is 38.5 Å². The van der Waals surface area contributed by atoms with Crippen LogP contribution in [-0.2, 0) is 13.1 Å². The Hall–Kier alpha value is -2.62. The Balaban J connectivity index is 0.00000272. The average molecular weight is 532 g/mol. The number of guanidine groups is 1. The fourth-order valence-electron chi connectivity index (χ4n) is 3.47. The molecule has 0 radical (unpaired) electrons. The predicted octanol–water partition coefficient (Wildman–Crippen LogP) is 4.21. The fourth-order valence-corrected chi connectivity index (χ4v) is 3.47. The van der Waals surface area contributed by atoms with Gasteiger partial charge in [0.15, 0.2) is 5.96 Å². The Morgan fingerprint density at radius 1 is 1.13 bits per heavy atom. The summed E-state index contributed by atoms with van der Waals surface area (Å²) in [4.78, 5) is 16.1. The van der Waals surface area contributed by atoms with Crippen molar-refractivity contribution in [1.29, 1.82) is 0 Å². The first-order chi connectivity index (χ1) is 14.8. The van der Waals surface area contributed by atoms with E-state index in [1.165, 1.54) is 12.8 Å². The Kier molecular flexibility index (Phi) is 8.69. The van der Waals surface area contributed by atoms with E-state index in [9.17, 15) is 0 Å². The summed E-state index contributed by atoms with van der Waals surface area (Å²) < 4.78 is 5.61. The second-order valence-corrected chi connectivity index (χ2v) is 7.28. The minimum absolute atomic E-state index is 0. The third-order valence-electron chi connectivity index (χ3n) is 5.01. The highest BCUT2D eigenvalue weighted by molar-refractivity contribution is 14.0. The van der Waals surface area contributed by atoms with E-state index in [1.807, 2.05) is 42.6 Å². The summed E-state index contributed by atoms with van der Waals surface area (Å²) in [6.07, 6.45) is 6.04. The van der Waals surface area contributed by atoms with E-state index in [0.717, 1.165) is 48.2 Å². The van der Waals surface area contributed by atoms with Gasteiger partial charge in [-0.3, -0.25) is 0 Å². The first kappa shape index (κ1) is 23.1. The molecule has 8 heteroatoms. The highest BCUT2D eigenvalue weighted by Gasteiger charge is 2.13. The molecule has 2 N–H and O–H groups in total. The van der Waals surface area contributed by atoms with Crippen molar-refractivity contribution in [1.82, 2.24) is 20.6 Å². The molecule has 1 aliphatic heterocycles. The summed E-state index contributed by atoms with van der Waals surface area (Å²) >= 11 is 0. The minimum Gasteiger partial charge on any atom is -0.444 e. The monoisotopic (exact) mass is 532 g/mol. The number of hydrogen-bond donors (Lipinski definition) is 2. The fraction of sp³-hybridized carbons (Fsp3) is 0.348. The van der Waals surface area contributed by atoms with Gasteiger partial charge in [-0.25, -0.2) is 15.0 Å². The van der Waals surface area contributed by atoms with Crippen molar-refractivity contribution in [3.8, 4) is 11.5 Å². The Morgan fingerprint density at radius 2 is 1.94 bits per heavy atom. The summed E-state index contributed by atoms with van der Waals surface area (Å²) in [7, 11) is 0. The number of anilines is 1. The van der Waals surface area contributed by atoms with Crippen LogP contribution in [-0.4, -0.2) is 35.6 Å². The zero-order chi connectivity index (χ0) is 20.6. The number of nitrogens with one attached hydrogen (secondary N) is 2. The molecule has 1 aromatic carbocycles. The van der Waals surface area contributed by atoms with E-state index in [0.29, 0.717) is 19.0 Å². The van der Waals surface area contributed by atoms with Crippen molar-refractivity contribution in [3.05, 3.63) is 66.2 Å². The van der Waals surface area contributed by atoms with Crippen molar-refractivity contribution < 1.29 is 4.42 Å². The van der Waals surface area contributed by atoms with Gasteiger partial charge in [-0.1, -0.05) is 18.2 Å². The number of hydrogen-bond acceptors (Lipinski definition) is 5. The van der Waals surface area contributed by atoms with Crippen LogP contribution in [0.4, 0.5) is 5.82 Å². The molecule has 4 rings (SSSR count). The molecule has 3 heterocycles. The highest BCUT2D eigenvalue weighted by atomic mass is 127. The number of aliphatic imine (C=N–C) groups is 1. The largest absolute Gasteiger partial charge is 0.444 e. The summed E-state index contributed by atoms with van der Waals surface area (Å²) in [6.45, 7) is 6.15. The van der Waals surface area contributed by atoms with E-state index in [-0.39, 0.29) is 24.0 Å². The van der Waals surface area contributed by atoms with Crippen LogP contribution in [0, 0.1) is 0 Å². The van der Waals surface area contributed by atoms with E-state index in [1.54, 1.807) is 6.26 Å². The molecule has 1 saturated heterocycles. The lowest BCUT2D eigenvalue weighted by Gasteiger charge is -2.16. The minimum atomic E-state index is 0. The van der Waals surface area contributed by atoms with Gasteiger partial charge in [0.2, 0.25) is 5.89 Å². The molecule has 0 saturated carbocycles. The number of pyridine rings is 1. The van der Waals surface area contributed by atoms with Crippen LogP contribution >= 0.6 is 24.0 Å². The van der Waals surface area contributed by atoms with Crippen LogP contribution in [0.5, 0.6) is 0 Å². The standard InChI is InChI=1S/C23H28N6O.HI/c1-2-24-23(26-15-18-10-11-25-21(14-18)29-12-6-7-13-29)27-16-20-17-30-22(28-20)19-8-4-3-5-9-19;/h3-5,8-11,14,17H,2,6-7,12-13,15-16H2,1H3,(H2,24,26,27);1H. The van der Waals surface area contributed by atoms with Crippen LogP contribution < -0.4 is 15.5 Å². The molecular weight excluding hydrogens is 503 g/mol. The number of aromatic nitrogens is 2. The van der Waals surface area contributed by atoms with Gasteiger partial charge in [0.1, 0.15) is 12.1 Å². The summed E-state index contributed by atoms with van der Waals surface area (Å²) in [6, 6.07) is 14.1. The van der Waals surface area contributed by atoms with E-state index < -0.39 is 0 Å². The molecule has 0 unspecified atom stereocenters. The van der Waals surface area contributed by atoms with Gasteiger partial charge >= 0.3 is 0 Å². The first-order valence-corrected chi connectivity index (χ1v) is 10.5. The topological polar surface area (TPSA) is 78.6 Å². The first-order valence-electron chi connectivity index (χ1n) is 10.5. The maximum atomic E-state index is 5.61. The average Bonchev–Trinajstić information content (AvgIpc) is 3.49. The number of rotatable bonds is 7. The third-order valence-corrected chi connectivity index (χ3v) is 5.01. The lowest BCUT2D eigenvalue weighted by Crippen LogP contribution is -2.36. The molecular formula is C23H29IN6O. The van der Waals surface area contributed by atoms with Gasteiger partial charge in [0, 0.05) is 31.4 Å². The van der Waals surface area contributed by atoms with Gasteiger partial charge in [-0.15, -0.1) is 24.0 Å². The van der Waals surface area contributed by atoms with Gasteiger partial charge in [-0.05, 0) is 49.6 Å². The molecule has 164 valence electrons. The van der Waals surface area contributed by atoms with Crippen LogP contribution in [0.25, 0.3) is 11.5 Å². The van der Waals surface area contributed by atoms with Gasteiger partial charge in [0.05, 0.1) is 18.8 Å². The van der Waals surface area contributed by atoms with Crippen LogP contribution in [0.15, 0.2) is 64.3 Å². The predicted molar refractivity (Wildman–Crippen MR) is 135 cm³/mol. The van der Waals surface area contributed by atoms with Crippen molar-refractivity contribution in [2.75, 3.05) is 24.5 Å². The molecule has 7 nitrogen and oxygen atoms in total. The molecule has 1 fully saturated rings. The zero-order valence-corrected chi connectivity index (χ0v) is 20.1. The smallest absolute Gasteiger partial charge is 0.226 e. The van der Waals surface area contributed by atoms with Crippen LogP contribution in [0.2, 0.25) is 0 Å². The molecule has 31 heavy (non-hydrogen) atoms. The molecule has 0 amide bonds. The van der Waals surface area contributed by atoms with Crippen molar-refractivity contribution >= 4 is 35.8 Å². The Labute approximate surface area is 200 Å². The summed E-state index contributed by atoms with van der Waals surface area (Å²) in [5.74, 6) is 2.43. The Morgan fingerprint density at radius 3 is 2.71 bits per heavy atom. The second-order valence-electron chi connectivity index (χ2n) is 7.28. The number of oxazole rings is 1. The summed E-state index contributed by atoms with van der Waals surface area (Å²) in [5.41, 5.74) is 2.95. The van der Waals surface area contributed by atoms with Gasteiger partial charge in [0.25, 0.3) is 0 Å². The summed E-state index contributed by atoms with van der Waals surface area (Å²) in [5, 5.41) is 6.62. The van der Waals surface area contributed by atoms with Crippen LogP contribution in [0.3, 0.4) is 0 Å². The molecule has 0 spiro atoms. The molecule has 2 aromatic heterocycles. The normalized spacial score (nSPS) is 13.7. The molecule has 0 atom stereocenters. The van der Waals surface area contributed by atoms with Gasteiger partial charge in [-0.2, -0.15) is 0 Å². The lowest BCUT2D eigenvalue weighted by atomic mass is 10.2. The van der Waals surface area contributed by atoms with Crippen molar-refractivity contribution in [3.63, 3.8) is 0 Å². The van der Waals surface area contributed by atoms with Gasteiger partial charge < -0.3 is 20.0 Å². The lowest BCUT2D eigenvalue weighted by molar-refractivity contribution is 0.572. The highest BCUT2D eigenvalue weighted by Crippen LogP contribution is 2.19. The van der Waals surface area contributed by atoms with Crippen molar-refractivity contribution in [2.45, 2.75) is 32.9 Å². The number of halogens is 1. The molecule has 3 aromatic rings. The molecule has 0 aliphatic carbocycles. The zero-order valence-electron chi connectivity index (χ0n) is 17.8. The van der Waals surface area contributed by atoms with E-state index >= 15 is 0 Å². The number of nitrogens with zero attached hydrogens (tertiary/aromatic N) is 4. The van der Waals surface area contributed by atoms with Crippen LogP contribution in [0.1, 0.15) is 31.0 Å². The number of benzene rings is 1. The second kappa shape index (κ2) is 11.7. The van der Waals surface area contributed by atoms with Crippen molar-refractivity contribution in [2.24, 2.45) is 4.99 Å². The van der Waals surface area contributed by atoms with E-state index in [4.69, 9.17) is 9.41 Å².